The minimum Gasteiger partial charge on any atom is -0.481 e. The van der Waals surface area contributed by atoms with Crippen molar-refractivity contribution >= 4 is 11.9 Å². The smallest absolute Gasteiger partial charge is 0.303 e. The fourth-order valence-corrected chi connectivity index (χ4v) is 0.698. The summed E-state index contributed by atoms with van der Waals surface area (Å²) in [6.07, 6.45) is 0.556. The molecule has 0 rings (SSSR count). The van der Waals surface area contributed by atoms with Crippen molar-refractivity contribution in [1.82, 2.24) is 0 Å². The molecule has 0 amide bonds. The molecule has 5 heteroatoms. The predicted octanol–water partition coefficient (Wildman–Crippen LogP) is 2.23. The molecular formula is C10H20CuO4. The standard InChI is InChI=1S/2C5H10O2.Cu/c2*1-4(2)3-5(6)7;/h2*4H,3H2,1-2H3,(H,6,7);. The van der Waals surface area contributed by atoms with Crippen molar-refractivity contribution in [3.8, 4) is 0 Å². The summed E-state index contributed by atoms with van der Waals surface area (Å²) in [6, 6.07) is 0. The van der Waals surface area contributed by atoms with Crippen LogP contribution in [0.15, 0.2) is 0 Å². The second-order valence-corrected chi connectivity index (χ2v) is 3.98. The molecular weight excluding hydrogens is 248 g/mol. The van der Waals surface area contributed by atoms with Gasteiger partial charge in [0.25, 0.3) is 0 Å². The molecule has 2 N–H and O–H groups in total. The van der Waals surface area contributed by atoms with Crippen molar-refractivity contribution in [3.05, 3.63) is 0 Å². The predicted molar refractivity (Wildman–Crippen MR) is 54.2 cm³/mol. The molecule has 0 fully saturated rings. The molecule has 0 aliphatic heterocycles. The second-order valence-electron chi connectivity index (χ2n) is 3.98. The van der Waals surface area contributed by atoms with Crippen LogP contribution in [0.4, 0.5) is 0 Å². The Morgan fingerprint density at radius 1 is 0.867 bits per heavy atom. The summed E-state index contributed by atoms with van der Waals surface area (Å²) >= 11 is 0. The Hall–Kier alpha value is -0.541. The molecule has 0 atom stereocenters. The van der Waals surface area contributed by atoms with E-state index >= 15 is 0 Å². The minimum atomic E-state index is -0.713. The second kappa shape index (κ2) is 11.5. The number of rotatable bonds is 4. The Balaban J connectivity index is -0.000000180. The molecule has 0 aromatic heterocycles. The molecule has 1 radical (unpaired) electrons. The van der Waals surface area contributed by atoms with Crippen LogP contribution in [0.5, 0.6) is 0 Å². The summed E-state index contributed by atoms with van der Waals surface area (Å²) in [5.41, 5.74) is 0. The van der Waals surface area contributed by atoms with Gasteiger partial charge in [-0.2, -0.15) is 0 Å². The summed E-state index contributed by atoms with van der Waals surface area (Å²) in [7, 11) is 0. The zero-order valence-electron chi connectivity index (χ0n) is 9.58. The van der Waals surface area contributed by atoms with E-state index in [-0.39, 0.29) is 41.7 Å². The number of hydrogen-bond donors (Lipinski definition) is 2. The van der Waals surface area contributed by atoms with Gasteiger partial charge >= 0.3 is 11.9 Å². The zero-order valence-corrected chi connectivity index (χ0v) is 10.5. The molecule has 0 saturated heterocycles. The van der Waals surface area contributed by atoms with Gasteiger partial charge in [0.2, 0.25) is 0 Å². The molecule has 0 saturated carbocycles. The van der Waals surface area contributed by atoms with Gasteiger partial charge in [0.05, 0.1) is 0 Å². The summed E-state index contributed by atoms with van der Waals surface area (Å²) < 4.78 is 0. The summed E-state index contributed by atoms with van der Waals surface area (Å²) in [5.74, 6) is -0.875. The monoisotopic (exact) mass is 267 g/mol. The van der Waals surface area contributed by atoms with Crippen LogP contribution in [0, 0.1) is 11.8 Å². The van der Waals surface area contributed by atoms with E-state index in [4.69, 9.17) is 10.2 Å². The normalized spacial score (nSPS) is 8.93. The Kier molecular flexibility index (Phi) is 15.3. The van der Waals surface area contributed by atoms with Gasteiger partial charge in [-0.25, -0.2) is 0 Å². The van der Waals surface area contributed by atoms with E-state index in [1.807, 2.05) is 27.7 Å². The maximum Gasteiger partial charge on any atom is 0.303 e. The number of carboxylic acid groups (broad SMARTS) is 2. The molecule has 0 aliphatic carbocycles. The van der Waals surface area contributed by atoms with Crippen LogP contribution in [0.3, 0.4) is 0 Å². The van der Waals surface area contributed by atoms with E-state index in [1.165, 1.54) is 0 Å². The largest absolute Gasteiger partial charge is 0.481 e. The van der Waals surface area contributed by atoms with Crippen LogP contribution in [-0.2, 0) is 26.7 Å². The van der Waals surface area contributed by atoms with Gasteiger partial charge in [-0.15, -0.1) is 0 Å². The molecule has 0 aromatic carbocycles. The summed E-state index contributed by atoms with van der Waals surface area (Å²) in [4.78, 5) is 19.6. The molecule has 0 spiro atoms. The number of aliphatic carboxylic acids is 2. The van der Waals surface area contributed by atoms with Gasteiger partial charge < -0.3 is 10.2 Å². The van der Waals surface area contributed by atoms with Gasteiger partial charge in [0.1, 0.15) is 0 Å². The molecule has 4 nitrogen and oxygen atoms in total. The summed E-state index contributed by atoms with van der Waals surface area (Å²) in [6.45, 7) is 7.53. The van der Waals surface area contributed by atoms with E-state index in [9.17, 15) is 9.59 Å². The first kappa shape index (κ1) is 19.9. The van der Waals surface area contributed by atoms with Crippen molar-refractivity contribution in [2.24, 2.45) is 11.8 Å². The van der Waals surface area contributed by atoms with Crippen LogP contribution in [0.1, 0.15) is 40.5 Å². The fraction of sp³-hybridized carbons (Fsp3) is 0.800. The van der Waals surface area contributed by atoms with Crippen LogP contribution < -0.4 is 0 Å². The van der Waals surface area contributed by atoms with Crippen molar-refractivity contribution in [3.63, 3.8) is 0 Å². The summed E-state index contributed by atoms with van der Waals surface area (Å²) in [5, 5.41) is 16.2. The Morgan fingerprint density at radius 3 is 1.07 bits per heavy atom. The third-order valence-corrected chi connectivity index (χ3v) is 1.17. The number of hydrogen-bond acceptors (Lipinski definition) is 2. The van der Waals surface area contributed by atoms with Gasteiger partial charge in [-0.3, -0.25) is 9.59 Å². The molecule has 0 unspecified atom stereocenters. The molecule has 0 aromatic rings. The van der Waals surface area contributed by atoms with Gasteiger partial charge in [0.15, 0.2) is 0 Å². The first-order chi connectivity index (χ1) is 6.25. The Labute approximate surface area is 102 Å². The maximum atomic E-state index is 9.81. The third kappa shape index (κ3) is 31.8. The number of carboxylic acids is 2. The SMILES string of the molecule is CC(C)CC(=O)O.CC(C)CC(=O)O.[Cu]. The van der Waals surface area contributed by atoms with Gasteiger partial charge in [0, 0.05) is 29.9 Å². The Bertz CT molecular complexity index is 158. The van der Waals surface area contributed by atoms with Crippen LogP contribution in [0.2, 0.25) is 0 Å². The number of carbonyl (C=O) groups is 2. The van der Waals surface area contributed by atoms with E-state index in [1.54, 1.807) is 0 Å². The topological polar surface area (TPSA) is 74.6 Å². The fourth-order valence-electron chi connectivity index (χ4n) is 0.698. The average Bonchev–Trinajstić information content (AvgIpc) is 1.79. The van der Waals surface area contributed by atoms with Gasteiger partial charge in [-0.05, 0) is 11.8 Å². The molecule has 0 bridgehead atoms. The van der Waals surface area contributed by atoms with E-state index in [2.05, 4.69) is 0 Å². The molecule has 15 heavy (non-hydrogen) atoms. The quantitative estimate of drug-likeness (QED) is 0.766. The van der Waals surface area contributed by atoms with E-state index in [0.717, 1.165) is 0 Å². The van der Waals surface area contributed by atoms with Gasteiger partial charge in [-0.1, -0.05) is 27.7 Å². The van der Waals surface area contributed by atoms with Crippen LogP contribution in [0.25, 0.3) is 0 Å². The maximum absolute atomic E-state index is 9.81. The minimum absolute atomic E-state index is 0. The first-order valence-corrected chi connectivity index (χ1v) is 4.69. The zero-order chi connectivity index (χ0) is 11.7. The van der Waals surface area contributed by atoms with Crippen LogP contribution >= 0.6 is 0 Å². The molecule has 95 valence electrons. The van der Waals surface area contributed by atoms with Crippen molar-refractivity contribution in [1.29, 1.82) is 0 Å². The Morgan fingerprint density at radius 2 is 1.07 bits per heavy atom. The third-order valence-electron chi connectivity index (χ3n) is 1.17. The van der Waals surface area contributed by atoms with Crippen molar-refractivity contribution in [2.75, 3.05) is 0 Å². The van der Waals surface area contributed by atoms with E-state index < -0.39 is 11.9 Å². The first-order valence-electron chi connectivity index (χ1n) is 4.69. The molecule has 0 heterocycles. The van der Waals surface area contributed by atoms with Crippen molar-refractivity contribution in [2.45, 2.75) is 40.5 Å². The van der Waals surface area contributed by atoms with Crippen LogP contribution in [-0.4, -0.2) is 22.2 Å². The van der Waals surface area contributed by atoms with Crippen molar-refractivity contribution < 1.29 is 36.9 Å². The van der Waals surface area contributed by atoms with E-state index in [0.29, 0.717) is 0 Å². The molecule has 0 aliphatic rings. The average molecular weight is 268 g/mol.